The van der Waals surface area contributed by atoms with Crippen LogP contribution in [0.2, 0.25) is 5.15 Å². The summed E-state index contributed by atoms with van der Waals surface area (Å²) >= 11 is 5.60. The highest BCUT2D eigenvalue weighted by Gasteiger charge is 1.92. The van der Waals surface area contributed by atoms with Crippen LogP contribution in [0.4, 0.5) is 0 Å². The van der Waals surface area contributed by atoms with Crippen LogP contribution in [0, 0.1) is 0 Å². The molecule has 1 heterocycles. The maximum atomic E-state index is 5.60. The van der Waals surface area contributed by atoms with E-state index in [0.29, 0.717) is 11.7 Å². The second-order valence-corrected chi connectivity index (χ2v) is 2.30. The van der Waals surface area contributed by atoms with Gasteiger partial charge in [0.05, 0.1) is 0 Å². The van der Waals surface area contributed by atoms with E-state index >= 15 is 0 Å². The molecule has 50 valence electrons. The molecule has 0 atom stereocenters. The maximum Gasteiger partial charge on any atom is 0.106 e. The summed E-state index contributed by atoms with van der Waals surface area (Å²) in [5, 5.41) is 0.679. The van der Waals surface area contributed by atoms with Crippen molar-refractivity contribution in [3.63, 3.8) is 0 Å². The normalized spacial score (nSPS) is 10.0. The van der Waals surface area contributed by atoms with Gasteiger partial charge in [-0.05, 0) is 24.6 Å². The molecule has 0 spiro atoms. The highest BCUT2D eigenvalue weighted by molar-refractivity contribution is 6.29. The van der Waals surface area contributed by atoms with Crippen molar-refractivity contribution in [3.05, 3.63) is 23.0 Å². The van der Waals surface area contributed by atoms with E-state index in [9.17, 15) is 0 Å². The van der Waals surface area contributed by atoms with E-state index < -0.39 is 0 Å². The van der Waals surface area contributed by atoms with Crippen LogP contribution < -0.4 is 5.73 Å². The quantitative estimate of drug-likeness (QED) is 0.643. The Morgan fingerprint density at radius 3 is 2.89 bits per heavy atom. The number of H-pyrrole nitrogens is 1. The summed E-state index contributed by atoms with van der Waals surface area (Å²) in [4.78, 5) is 2.86. The third-order valence-electron chi connectivity index (χ3n) is 1.14. The van der Waals surface area contributed by atoms with Gasteiger partial charge >= 0.3 is 0 Å². The zero-order valence-corrected chi connectivity index (χ0v) is 5.78. The average Bonchev–Trinajstić information content (AvgIpc) is 2.17. The molecular weight excluding hydrogens is 136 g/mol. The summed E-state index contributed by atoms with van der Waals surface area (Å²) in [6, 6.07) is 1.88. The van der Waals surface area contributed by atoms with E-state index in [-0.39, 0.29) is 0 Å². The molecule has 1 rings (SSSR count). The Labute approximate surface area is 59.0 Å². The van der Waals surface area contributed by atoms with Crippen molar-refractivity contribution in [1.29, 1.82) is 0 Å². The van der Waals surface area contributed by atoms with Gasteiger partial charge in [0.1, 0.15) is 5.15 Å². The molecule has 3 N–H and O–H groups in total. The van der Waals surface area contributed by atoms with Crippen molar-refractivity contribution < 1.29 is 0 Å². The fraction of sp³-hybridized carbons (Fsp3) is 0.333. The zero-order chi connectivity index (χ0) is 6.69. The Morgan fingerprint density at radius 2 is 2.44 bits per heavy atom. The van der Waals surface area contributed by atoms with Crippen LogP contribution in [0.5, 0.6) is 0 Å². The Kier molecular flexibility index (Phi) is 2.14. The Hall–Kier alpha value is -0.470. The van der Waals surface area contributed by atoms with Crippen LogP contribution in [0.3, 0.4) is 0 Å². The number of aromatic amines is 1. The van der Waals surface area contributed by atoms with E-state index in [2.05, 4.69) is 4.98 Å². The van der Waals surface area contributed by atoms with Gasteiger partial charge in [-0.2, -0.15) is 0 Å². The molecule has 3 heteroatoms. The molecule has 1 aromatic heterocycles. The molecule has 0 saturated carbocycles. The summed E-state index contributed by atoms with van der Waals surface area (Å²) in [5.41, 5.74) is 6.48. The van der Waals surface area contributed by atoms with Gasteiger partial charge in [0.15, 0.2) is 0 Å². The van der Waals surface area contributed by atoms with Crippen LogP contribution in [-0.4, -0.2) is 11.5 Å². The standard InChI is InChI=1S/C6H9ClN2/c7-6-3-5(1-2-8)4-9-6/h3-4,9H,1-2,8H2. The molecule has 0 radical (unpaired) electrons. The zero-order valence-electron chi connectivity index (χ0n) is 5.02. The van der Waals surface area contributed by atoms with Crippen LogP contribution in [0.15, 0.2) is 12.3 Å². The van der Waals surface area contributed by atoms with Crippen molar-refractivity contribution >= 4 is 11.6 Å². The molecule has 0 fully saturated rings. The first kappa shape index (κ1) is 6.65. The van der Waals surface area contributed by atoms with Crippen LogP contribution in [0.25, 0.3) is 0 Å². The molecule has 0 amide bonds. The topological polar surface area (TPSA) is 41.8 Å². The second kappa shape index (κ2) is 2.90. The monoisotopic (exact) mass is 144 g/mol. The Balaban J connectivity index is 2.61. The van der Waals surface area contributed by atoms with Crippen LogP contribution in [-0.2, 0) is 6.42 Å². The smallest absolute Gasteiger partial charge is 0.106 e. The molecule has 2 nitrogen and oxygen atoms in total. The van der Waals surface area contributed by atoms with Crippen LogP contribution >= 0.6 is 11.6 Å². The Bertz CT molecular complexity index is 183. The van der Waals surface area contributed by atoms with Gasteiger partial charge in [-0.15, -0.1) is 0 Å². The van der Waals surface area contributed by atoms with Gasteiger partial charge in [0.25, 0.3) is 0 Å². The van der Waals surface area contributed by atoms with E-state index in [1.54, 1.807) is 0 Å². The lowest BCUT2D eigenvalue weighted by atomic mass is 10.2. The molecule has 0 saturated heterocycles. The highest BCUT2D eigenvalue weighted by Crippen LogP contribution is 2.07. The number of aromatic nitrogens is 1. The first-order valence-corrected chi connectivity index (χ1v) is 3.23. The van der Waals surface area contributed by atoms with Gasteiger partial charge in [-0.3, -0.25) is 0 Å². The number of hydrogen-bond acceptors (Lipinski definition) is 1. The largest absolute Gasteiger partial charge is 0.352 e. The third-order valence-corrected chi connectivity index (χ3v) is 1.36. The first-order valence-electron chi connectivity index (χ1n) is 2.86. The molecule has 0 aliphatic carbocycles. The molecule has 0 bridgehead atoms. The van der Waals surface area contributed by atoms with Gasteiger partial charge in [0.2, 0.25) is 0 Å². The summed E-state index contributed by atoms with van der Waals surface area (Å²) in [7, 11) is 0. The lowest BCUT2D eigenvalue weighted by Crippen LogP contribution is -2.01. The van der Waals surface area contributed by atoms with E-state index in [0.717, 1.165) is 6.42 Å². The van der Waals surface area contributed by atoms with Gasteiger partial charge in [-0.25, -0.2) is 0 Å². The van der Waals surface area contributed by atoms with Crippen molar-refractivity contribution in [1.82, 2.24) is 4.98 Å². The number of nitrogens with two attached hydrogens (primary N) is 1. The predicted octanol–water partition coefficient (Wildman–Crippen LogP) is 1.17. The lowest BCUT2D eigenvalue weighted by Gasteiger charge is -1.86. The third kappa shape index (κ3) is 1.73. The summed E-state index contributed by atoms with van der Waals surface area (Å²) in [5.74, 6) is 0. The fourth-order valence-corrected chi connectivity index (χ4v) is 0.913. The van der Waals surface area contributed by atoms with Gasteiger partial charge in [-0.1, -0.05) is 11.6 Å². The minimum atomic E-state index is 0.675. The van der Waals surface area contributed by atoms with E-state index in [4.69, 9.17) is 17.3 Å². The minimum Gasteiger partial charge on any atom is -0.352 e. The highest BCUT2D eigenvalue weighted by atomic mass is 35.5. The molecule has 1 aromatic rings. The van der Waals surface area contributed by atoms with Crippen molar-refractivity contribution in [2.24, 2.45) is 5.73 Å². The fourth-order valence-electron chi connectivity index (χ4n) is 0.719. The van der Waals surface area contributed by atoms with Crippen molar-refractivity contribution in [3.8, 4) is 0 Å². The molecule has 0 unspecified atom stereocenters. The maximum absolute atomic E-state index is 5.60. The summed E-state index contributed by atoms with van der Waals surface area (Å²) in [6.45, 7) is 0.675. The van der Waals surface area contributed by atoms with Crippen molar-refractivity contribution in [2.75, 3.05) is 6.54 Å². The second-order valence-electron chi connectivity index (χ2n) is 1.89. The summed E-state index contributed by atoms with van der Waals surface area (Å²) in [6.07, 6.45) is 2.76. The Morgan fingerprint density at radius 1 is 1.67 bits per heavy atom. The number of hydrogen-bond donors (Lipinski definition) is 2. The van der Waals surface area contributed by atoms with E-state index in [1.807, 2.05) is 12.3 Å². The first-order chi connectivity index (χ1) is 4.33. The molecule has 0 aromatic carbocycles. The average molecular weight is 145 g/mol. The molecule has 0 aliphatic heterocycles. The summed E-state index contributed by atoms with van der Waals surface area (Å²) < 4.78 is 0. The van der Waals surface area contributed by atoms with Crippen LogP contribution in [0.1, 0.15) is 5.56 Å². The minimum absolute atomic E-state index is 0.675. The number of nitrogens with one attached hydrogen (secondary N) is 1. The molecule has 0 aliphatic rings. The number of rotatable bonds is 2. The van der Waals surface area contributed by atoms with Gasteiger partial charge < -0.3 is 10.7 Å². The lowest BCUT2D eigenvalue weighted by molar-refractivity contribution is 0.971. The predicted molar refractivity (Wildman–Crippen MR) is 38.6 cm³/mol. The van der Waals surface area contributed by atoms with Gasteiger partial charge in [0, 0.05) is 6.20 Å². The molecule has 9 heavy (non-hydrogen) atoms. The van der Waals surface area contributed by atoms with E-state index in [1.165, 1.54) is 5.56 Å². The van der Waals surface area contributed by atoms with Crippen molar-refractivity contribution in [2.45, 2.75) is 6.42 Å². The SMILES string of the molecule is NCCc1c[nH]c(Cl)c1. The number of halogens is 1. The molecular formula is C6H9ClN2.